The van der Waals surface area contributed by atoms with Crippen molar-refractivity contribution in [3.8, 4) is 6.07 Å². The molecule has 96 valence electrons. The van der Waals surface area contributed by atoms with Gasteiger partial charge in [0.1, 0.15) is 17.4 Å². The number of nitriles is 1. The molecular weight excluding hydrogens is 255 g/mol. The van der Waals surface area contributed by atoms with E-state index in [0.29, 0.717) is 16.8 Å². The second-order valence-electron chi connectivity index (χ2n) is 4.38. The van der Waals surface area contributed by atoms with Crippen LogP contribution >= 0.6 is 0 Å². The molecule has 0 aromatic heterocycles. The van der Waals surface area contributed by atoms with E-state index in [4.69, 9.17) is 5.26 Å². The molecule has 0 saturated carbocycles. The molecule has 0 spiro atoms. The Hall–Kier alpha value is -2.93. The van der Waals surface area contributed by atoms with E-state index in [0.717, 1.165) is 0 Å². The number of halogens is 1. The van der Waals surface area contributed by atoms with Gasteiger partial charge in [0, 0.05) is 11.1 Å². The molecule has 3 nitrogen and oxygen atoms in total. The van der Waals surface area contributed by atoms with Gasteiger partial charge in [0.25, 0.3) is 5.91 Å². The van der Waals surface area contributed by atoms with Crippen molar-refractivity contribution in [3.05, 3.63) is 71.6 Å². The molecule has 0 aliphatic carbocycles. The van der Waals surface area contributed by atoms with Gasteiger partial charge in [-0.15, -0.1) is 0 Å². The summed E-state index contributed by atoms with van der Waals surface area (Å²) < 4.78 is 13.7. The molecule has 2 aromatic rings. The first-order chi connectivity index (χ1) is 9.65. The molecule has 0 saturated heterocycles. The Morgan fingerprint density at radius 2 is 1.80 bits per heavy atom. The van der Waals surface area contributed by atoms with Crippen molar-refractivity contribution in [1.82, 2.24) is 0 Å². The van der Waals surface area contributed by atoms with Crippen molar-refractivity contribution in [2.24, 2.45) is 0 Å². The number of carbonyl (C=O) groups is 1. The maximum absolute atomic E-state index is 13.7. The second-order valence-corrected chi connectivity index (χ2v) is 4.38. The number of fused-ring (bicyclic) bond motifs is 1. The minimum atomic E-state index is -0.651. The first-order valence-corrected chi connectivity index (χ1v) is 5.96. The van der Waals surface area contributed by atoms with Crippen LogP contribution in [0.4, 0.5) is 10.1 Å². The van der Waals surface area contributed by atoms with Crippen molar-refractivity contribution in [1.29, 1.82) is 5.26 Å². The number of anilines is 1. The quantitative estimate of drug-likeness (QED) is 0.793. The lowest BCUT2D eigenvalue weighted by molar-refractivity contribution is 0.101. The molecule has 1 aliphatic rings. The lowest BCUT2D eigenvalue weighted by atomic mass is 10.1. The Labute approximate surface area is 115 Å². The van der Waals surface area contributed by atoms with Gasteiger partial charge in [-0.3, -0.25) is 9.69 Å². The molecule has 0 atom stereocenters. The lowest BCUT2D eigenvalue weighted by Gasteiger charge is -2.18. The molecule has 0 radical (unpaired) electrons. The molecular formula is C16H9FN2O. The van der Waals surface area contributed by atoms with Crippen LogP contribution in [0.25, 0.3) is 5.70 Å². The topological polar surface area (TPSA) is 44.1 Å². The molecule has 0 bridgehead atoms. The molecule has 1 aliphatic heterocycles. The van der Waals surface area contributed by atoms with Gasteiger partial charge in [0.2, 0.25) is 0 Å². The molecule has 3 rings (SSSR count). The number of amides is 1. The maximum atomic E-state index is 13.7. The Balaban J connectivity index is 2.20. The standard InChI is InChI=1S/C16H9FN2O/c1-10-11-5-2-3-6-12(11)16(20)19(10)15-8-4-7-14(17)13(15)9-18/h2-8H,1H2. The van der Waals surface area contributed by atoms with Crippen LogP contribution in [-0.2, 0) is 0 Å². The largest absolute Gasteiger partial charge is 0.276 e. The summed E-state index contributed by atoms with van der Waals surface area (Å²) in [6, 6.07) is 13.0. The van der Waals surface area contributed by atoms with Crippen LogP contribution in [0.2, 0.25) is 0 Å². The second kappa shape index (κ2) is 4.32. The summed E-state index contributed by atoms with van der Waals surface area (Å²) in [5, 5.41) is 9.09. The first-order valence-electron chi connectivity index (χ1n) is 5.96. The molecule has 1 heterocycles. The predicted molar refractivity (Wildman–Crippen MR) is 73.4 cm³/mol. The lowest BCUT2D eigenvalue weighted by Crippen LogP contribution is -2.23. The van der Waals surface area contributed by atoms with E-state index in [1.54, 1.807) is 30.3 Å². The zero-order valence-electron chi connectivity index (χ0n) is 10.4. The Morgan fingerprint density at radius 1 is 1.10 bits per heavy atom. The van der Waals surface area contributed by atoms with Crippen LogP contribution < -0.4 is 4.90 Å². The minimum absolute atomic E-state index is 0.158. The number of rotatable bonds is 1. The number of carbonyl (C=O) groups excluding carboxylic acids is 1. The molecule has 20 heavy (non-hydrogen) atoms. The zero-order chi connectivity index (χ0) is 14.3. The fourth-order valence-corrected chi connectivity index (χ4v) is 2.35. The van der Waals surface area contributed by atoms with Crippen LogP contribution in [0.15, 0.2) is 49.0 Å². The normalized spacial score (nSPS) is 13.3. The fraction of sp³-hybridized carbons (Fsp3) is 0. The third kappa shape index (κ3) is 1.54. The van der Waals surface area contributed by atoms with Gasteiger partial charge in [0.05, 0.1) is 11.4 Å². The summed E-state index contributed by atoms with van der Waals surface area (Å²) in [7, 11) is 0. The average Bonchev–Trinajstić information content (AvgIpc) is 2.71. The van der Waals surface area contributed by atoms with Gasteiger partial charge in [-0.1, -0.05) is 30.8 Å². The number of hydrogen-bond acceptors (Lipinski definition) is 2. The minimum Gasteiger partial charge on any atom is -0.276 e. The Morgan fingerprint density at radius 3 is 2.45 bits per heavy atom. The summed E-state index contributed by atoms with van der Waals surface area (Å²) in [6.45, 7) is 3.88. The van der Waals surface area contributed by atoms with E-state index >= 15 is 0 Å². The average molecular weight is 264 g/mol. The van der Waals surface area contributed by atoms with Gasteiger partial charge >= 0.3 is 0 Å². The predicted octanol–water partition coefficient (Wildman–Crippen LogP) is 3.33. The van der Waals surface area contributed by atoms with Crippen LogP contribution in [0.5, 0.6) is 0 Å². The van der Waals surface area contributed by atoms with E-state index in [2.05, 4.69) is 6.58 Å². The summed E-state index contributed by atoms with van der Waals surface area (Å²) in [5.41, 5.74) is 1.72. The number of nitrogens with zero attached hydrogens (tertiary/aromatic N) is 2. The molecule has 1 amide bonds. The van der Waals surface area contributed by atoms with Crippen molar-refractivity contribution in [2.75, 3.05) is 4.90 Å². The van der Waals surface area contributed by atoms with Gasteiger partial charge in [-0.2, -0.15) is 5.26 Å². The van der Waals surface area contributed by atoms with Gasteiger partial charge in [0.15, 0.2) is 0 Å². The third-order valence-electron chi connectivity index (χ3n) is 3.29. The summed E-state index contributed by atoms with van der Waals surface area (Å²) >= 11 is 0. The molecule has 0 unspecified atom stereocenters. The fourth-order valence-electron chi connectivity index (χ4n) is 2.35. The van der Waals surface area contributed by atoms with Crippen LogP contribution in [0.3, 0.4) is 0 Å². The van der Waals surface area contributed by atoms with Crippen LogP contribution in [-0.4, -0.2) is 5.91 Å². The van der Waals surface area contributed by atoms with Crippen molar-refractivity contribution in [2.45, 2.75) is 0 Å². The summed E-state index contributed by atoms with van der Waals surface area (Å²) in [4.78, 5) is 13.7. The highest BCUT2D eigenvalue weighted by molar-refractivity contribution is 6.22. The Bertz CT molecular complexity index is 754. The van der Waals surface area contributed by atoms with Crippen molar-refractivity contribution >= 4 is 17.3 Å². The summed E-state index contributed by atoms with van der Waals surface area (Å²) in [6.07, 6.45) is 0. The van der Waals surface area contributed by atoms with Gasteiger partial charge in [-0.05, 0) is 18.2 Å². The summed E-state index contributed by atoms with van der Waals surface area (Å²) in [5.74, 6) is -0.950. The van der Waals surface area contributed by atoms with E-state index in [1.165, 1.54) is 23.1 Å². The third-order valence-corrected chi connectivity index (χ3v) is 3.29. The van der Waals surface area contributed by atoms with Crippen molar-refractivity contribution in [3.63, 3.8) is 0 Å². The van der Waals surface area contributed by atoms with Gasteiger partial charge in [-0.25, -0.2) is 4.39 Å². The van der Waals surface area contributed by atoms with E-state index in [9.17, 15) is 9.18 Å². The number of benzene rings is 2. The number of hydrogen-bond donors (Lipinski definition) is 0. The smallest absolute Gasteiger partial charge is 0.263 e. The highest BCUT2D eigenvalue weighted by Gasteiger charge is 2.33. The molecule has 4 heteroatoms. The van der Waals surface area contributed by atoms with Crippen LogP contribution in [0, 0.1) is 17.1 Å². The SMILES string of the molecule is C=C1c2ccccc2C(=O)N1c1cccc(F)c1C#N. The van der Waals surface area contributed by atoms with Gasteiger partial charge < -0.3 is 0 Å². The Kier molecular flexibility index (Phi) is 2.62. The monoisotopic (exact) mass is 264 g/mol. The molecule has 0 N–H and O–H groups in total. The molecule has 2 aromatic carbocycles. The zero-order valence-corrected chi connectivity index (χ0v) is 10.4. The maximum Gasteiger partial charge on any atom is 0.263 e. The van der Waals surface area contributed by atoms with Crippen LogP contribution in [0.1, 0.15) is 21.5 Å². The molecule has 0 fully saturated rings. The first kappa shape index (κ1) is 12.1. The van der Waals surface area contributed by atoms with E-state index in [1.807, 2.05) is 0 Å². The van der Waals surface area contributed by atoms with E-state index < -0.39 is 5.82 Å². The van der Waals surface area contributed by atoms with Crippen molar-refractivity contribution < 1.29 is 9.18 Å². The van der Waals surface area contributed by atoms with E-state index in [-0.39, 0.29) is 17.2 Å². The highest BCUT2D eigenvalue weighted by Crippen LogP contribution is 2.37. The highest BCUT2D eigenvalue weighted by atomic mass is 19.1.